The molecule has 27 nitrogen and oxygen atoms in total. The fourth-order valence-electron chi connectivity index (χ4n) is 9.97. The Kier molecular flexibility index (Phi) is 25.2. The van der Waals surface area contributed by atoms with E-state index in [2.05, 4.69) is 31.3 Å². The fourth-order valence-corrected chi connectivity index (χ4v) is 9.97. The zero-order chi connectivity index (χ0) is 60.8. The van der Waals surface area contributed by atoms with E-state index in [4.69, 9.17) is 28.7 Å². The molecule has 0 saturated carbocycles. The summed E-state index contributed by atoms with van der Waals surface area (Å²) in [5.41, 5.74) is 29.6. The molecule has 9 atom stereocenters. The number of likely N-dealkylation sites (tertiary alicyclic amines) is 2. The Labute approximate surface area is 481 Å². The SMILES string of the molecule is CN(C(=O)[C@H](CO)NC(=O)[C@H](Cc1ccccc1)NC(=O)CNC(=O)[C@@H]1CC(O)CN1C(=O)[C@@H]1CCCN1C(=O)[C@H](N)CCCN=C(N)N)[C@H](Cc1ccccc1)C(=O)N(C)[C@@H](Cc1ccccc1)C(=O)N[C@@H](CCCN=C(N)N)C(=O)O. The number of β-amino-alcohol motifs (C(OH)–C–C–N with tert-alkyl or cyclic N) is 1. The van der Waals surface area contributed by atoms with E-state index in [0.717, 1.165) is 9.80 Å². The molecule has 0 bridgehead atoms. The van der Waals surface area contributed by atoms with Gasteiger partial charge in [0.1, 0.15) is 42.3 Å². The Balaban J connectivity index is 1.31. The number of aliphatic hydroxyl groups excluding tert-OH is 2. The van der Waals surface area contributed by atoms with E-state index >= 15 is 0 Å². The van der Waals surface area contributed by atoms with Gasteiger partial charge in [-0.3, -0.25) is 48.3 Å². The van der Waals surface area contributed by atoms with E-state index in [1.54, 1.807) is 91.0 Å². The van der Waals surface area contributed by atoms with E-state index < -0.39 is 121 Å². The van der Waals surface area contributed by atoms with Crippen molar-refractivity contribution in [2.24, 2.45) is 38.7 Å². The largest absolute Gasteiger partial charge is 0.480 e. The molecular weight excluding hydrogens is 1070 g/mol. The number of carboxylic acid groups (broad SMARTS) is 1. The van der Waals surface area contributed by atoms with Crippen molar-refractivity contribution in [1.82, 2.24) is 40.9 Å². The first-order valence-electron chi connectivity index (χ1n) is 27.4. The predicted octanol–water partition coefficient (Wildman–Crippen LogP) is -3.60. The number of nitrogens with one attached hydrogen (secondary N) is 4. The zero-order valence-corrected chi connectivity index (χ0v) is 46.8. The maximum absolute atomic E-state index is 14.9. The summed E-state index contributed by atoms with van der Waals surface area (Å²) >= 11 is 0. The number of amides is 8. The van der Waals surface area contributed by atoms with Crippen LogP contribution in [0.5, 0.6) is 0 Å². The standard InChI is InChI=1S/C56H79N15O12/c1-68(43(28-35-17-8-4-9-18-35)49(77)66-39(54(82)83)22-13-25-63-56(60)61)52(80)45(29-36-19-10-5-11-20-36)69(2)51(79)41(33-72)67-47(75)40(27-34-15-6-3-7-16-34)65-46(74)31-64-48(76)44-30-37(73)32-71(44)53(81)42-23-14-26-70(42)50(78)38(57)21-12-24-62-55(58)59/h3-11,15-20,37-45,72-73H,12-14,21-33,57H2,1-2H3,(H,64,76)(H,65,74)(H,66,77)(H,67,75)(H,82,83)(H4,58,59,62)(H4,60,61,63)/t37?,38-,39+,40+,41+,42+,43+,44+,45-/m1/s1. The maximum atomic E-state index is 14.9. The average Bonchev–Trinajstić information content (AvgIpc) is 4.38. The van der Waals surface area contributed by atoms with E-state index in [1.807, 2.05) is 0 Å². The molecule has 450 valence electrons. The normalized spacial score (nSPS) is 17.7. The van der Waals surface area contributed by atoms with Crippen LogP contribution in [-0.4, -0.2) is 208 Å². The van der Waals surface area contributed by atoms with Gasteiger partial charge in [0.05, 0.1) is 25.3 Å². The van der Waals surface area contributed by atoms with Crippen molar-refractivity contribution in [2.75, 3.05) is 53.4 Å². The first kappa shape index (κ1) is 65.1. The van der Waals surface area contributed by atoms with Crippen LogP contribution in [-0.2, 0) is 62.4 Å². The van der Waals surface area contributed by atoms with Gasteiger partial charge >= 0.3 is 5.97 Å². The first-order valence-corrected chi connectivity index (χ1v) is 27.4. The third-order valence-corrected chi connectivity index (χ3v) is 14.4. The van der Waals surface area contributed by atoms with Crippen LogP contribution in [0, 0.1) is 0 Å². The summed E-state index contributed by atoms with van der Waals surface area (Å²) in [6, 6.07) is 15.5. The van der Waals surface area contributed by atoms with E-state index in [0.29, 0.717) is 36.0 Å². The molecule has 0 spiro atoms. The highest BCUT2D eigenvalue weighted by Gasteiger charge is 2.46. The van der Waals surface area contributed by atoms with Gasteiger partial charge < -0.3 is 84.9 Å². The maximum Gasteiger partial charge on any atom is 0.326 e. The van der Waals surface area contributed by atoms with Crippen molar-refractivity contribution in [1.29, 1.82) is 0 Å². The van der Waals surface area contributed by atoms with E-state index in [1.165, 1.54) is 23.9 Å². The molecule has 2 aliphatic rings. The molecule has 2 fully saturated rings. The van der Waals surface area contributed by atoms with Gasteiger partial charge in [0.2, 0.25) is 47.3 Å². The quantitative estimate of drug-likeness (QED) is 0.0174. The van der Waals surface area contributed by atoms with E-state index in [-0.39, 0.29) is 83.0 Å². The van der Waals surface area contributed by atoms with Crippen molar-refractivity contribution in [3.05, 3.63) is 108 Å². The zero-order valence-electron chi connectivity index (χ0n) is 46.8. The highest BCUT2D eigenvalue weighted by molar-refractivity contribution is 5.98. The monoisotopic (exact) mass is 1150 g/mol. The number of nitrogens with zero attached hydrogens (tertiary/aromatic N) is 6. The van der Waals surface area contributed by atoms with Crippen LogP contribution < -0.4 is 49.9 Å². The number of hydrogen-bond acceptors (Lipinski definition) is 14. The van der Waals surface area contributed by atoms with Crippen molar-refractivity contribution < 1.29 is 58.5 Å². The van der Waals surface area contributed by atoms with Crippen LogP contribution in [0.25, 0.3) is 0 Å². The van der Waals surface area contributed by atoms with E-state index in [9.17, 15) is 58.5 Å². The molecule has 0 aromatic heterocycles. The molecule has 2 saturated heterocycles. The molecule has 3 aromatic rings. The number of aliphatic carboxylic acids is 1. The minimum absolute atomic E-state index is 0.0502. The molecular formula is C56H79N15O12. The van der Waals surface area contributed by atoms with Crippen LogP contribution in [0.1, 0.15) is 61.6 Å². The lowest BCUT2D eigenvalue weighted by Gasteiger charge is -2.36. The molecule has 0 aliphatic carbocycles. The lowest BCUT2D eigenvalue weighted by atomic mass is 9.99. The highest BCUT2D eigenvalue weighted by Crippen LogP contribution is 2.26. The molecule has 8 amide bonds. The average molecular weight is 1150 g/mol. The molecule has 1 unspecified atom stereocenters. The Hall–Kier alpha value is -8.69. The van der Waals surface area contributed by atoms with Crippen LogP contribution in [0.2, 0.25) is 0 Å². The number of carbonyl (C=O) groups is 9. The third kappa shape index (κ3) is 19.5. The number of nitrogens with two attached hydrogens (primary N) is 5. The molecule has 2 aliphatic heterocycles. The first-order chi connectivity index (χ1) is 39.6. The predicted molar refractivity (Wildman–Crippen MR) is 306 cm³/mol. The van der Waals surface area contributed by atoms with Crippen molar-refractivity contribution in [3.63, 3.8) is 0 Å². The van der Waals surface area contributed by atoms with Crippen molar-refractivity contribution in [2.45, 2.75) is 119 Å². The van der Waals surface area contributed by atoms with Gasteiger partial charge in [-0.1, -0.05) is 91.0 Å². The summed E-state index contributed by atoms with van der Waals surface area (Å²) in [6.45, 7) is -1.28. The van der Waals surface area contributed by atoms with Crippen molar-refractivity contribution >= 4 is 65.1 Å². The fraction of sp³-hybridized carbons (Fsp3) is 0.482. The number of aliphatic imine (C=N–C) groups is 2. The Morgan fingerprint density at radius 3 is 1.71 bits per heavy atom. The minimum atomic E-state index is -1.70. The van der Waals surface area contributed by atoms with Crippen LogP contribution in [0.3, 0.4) is 0 Å². The van der Waals surface area contributed by atoms with Gasteiger partial charge in [-0.05, 0) is 55.2 Å². The van der Waals surface area contributed by atoms with Gasteiger partial charge in [-0.25, -0.2) is 4.79 Å². The lowest BCUT2D eigenvalue weighted by Crippen LogP contribution is -2.61. The Bertz CT molecular complexity index is 2750. The molecule has 5 rings (SSSR count). The number of benzene rings is 3. The third-order valence-electron chi connectivity index (χ3n) is 14.4. The highest BCUT2D eigenvalue weighted by atomic mass is 16.4. The summed E-state index contributed by atoms with van der Waals surface area (Å²) in [7, 11) is 2.65. The number of carbonyl (C=O) groups excluding carboxylic acids is 8. The van der Waals surface area contributed by atoms with Gasteiger partial charge in [0.15, 0.2) is 11.9 Å². The number of hydrogen-bond donors (Lipinski definition) is 12. The molecule has 2 heterocycles. The van der Waals surface area contributed by atoms with Gasteiger partial charge in [0, 0.05) is 66.0 Å². The molecule has 17 N–H and O–H groups in total. The number of rotatable bonds is 30. The number of carboxylic acids is 1. The van der Waals surface area contributed by atoms with Gasteiger partial charge in [-0.2, -0.15) is 0 Å². The smallest absolute Gasteiger partial charge is 0.326 e. The van der Waals surface area contributed by atoms with Gasteiger partial charge in [-0.15, -0.1) is 0 Å². The second-order valence-electron chi connectivity index (χ2n) is 20.6. The summed E-state index contributed by atoms with van der Waals surface area (Å²) < 4.78 is 0. The summed E-state index contributed by atoms with van der Waals surface area (Å²) in [5, 5.41) is 41.7. The van der Waals surface area contributed by atoms with Crippen LogP contribution in [0.15, 0.2) is 101 Å². The molecule has 27 heteroatoms. The van der Waals surface area contributed by atoms with Gasteiger partial charge in [0.25, 0.3) is 0 Å². The number of guanidine groups is 2. The second-order valence-corrected chi connectivity index (χ2v) is 20.6. The number of likely N-dealkylation sites (N-methyl/N-ethyl adjacent to an activating group) is 2. The Morgan fingerprint density at radius 1 is 0.651 bits per heavy atom. The van der Waals surface area contributed by atoms with Crippen molar-refractivity contribution in [3.8, 4) is 0 Å². The lowest BCUT2D eigenvalue weighted by molar-refractivity contribution is -0.150. The molecule has 3 aromatic carbocycles. The topological polar surface area (TPSA) is 430 Å². The second kappa shape index (κ2) is 32.1. The summed E-state index contributed by atoms with van der Waals surface area (Å²) in [5.74, 6) is -7.69. The van der Waals surface area contributed by atoms with Crippen LogP contribution >= 0.6 is 0 Å². The summed E-state index contributed by atoms with van der Waals surface area (Å²) in [6.07, 6.45) is 0.0301. The minimum Gasteiger partial charge on any atom is -0.480 e. The number of aliphatic hydroxyl groups is 2. The molecule has 0 radical (unpaired) electrons. The molecule has 83 heavy (non-hydrogen) atoms. The summed E-state index contributed by atoms with van der Waals surface area (Å²) in [4.78, 5) is 138. The Morgan fingerprint density at radius 2 is 1.17 bits per heavy atom. The van der Waals surface area contributed by atoms with Crippen LogP contribution in [0.4, 0.5) is 0 Å².